The van der Waals surface area contributed by atoms with Gasteiger partial charge in [0.05, 0.1) is 5.75 Å². The van der Waals surface area contributed by atoms with Gasteiger partial charge in [0, 0.05) is 37.7 Å². The van der Waals surface area contributed by atoms with Crippen LogP contribution < -0.4 is 14.4 Å². The van der Waals surface area contributed by atoms with E-state index in [4.69, 9.17) is 9.47 Å². The van der Waals surface area contributed by atoms with E-state index in [2.05, 4.69) is 4.98 Å². The molecule has 0 unspecified atom stereocenters. The minimum atomic E-state index is -0.00242. The molecule has 1 aliphatic heterocycles. The third-order valence-corrected chi connectivity index (χ3v) is 5.68. The molecule has 3 aromatic rings. The number of benzene rings is 2. The van der Waals surface area contributed by atoms with E-state index in [1.165, 1.54) is 11.8 Å². The van der Waals surface area contributed by atoms with E-state index < -0.39 is 0 Å². The summed E-state index contributed by atoms with van der Waals surface area (Å²) >= 11 is 1.42. The van der Waals surface area contributed by atoms with Crippen LogP contribution in [0.1, 0.15) is 5.56 Å². The van der Waals surface area contributed by atoms with Crippen LogP contribution in [-0.4, -0.2) is 41.0 Å². The second kappa shape index (κ2) is 9.54. The van der Waals surface area contributed by atoms with Crippen molar-refractivity contribution >= 4 is 29.4 Å². The molecule has 1 aromatic heterocycles. The lowest BCUT2D eigenvalue weighted by molar-refractivity contribution is -0.116. The normalized spacial score (nSPS) is 12.8. The Kier molecular flexibility index (Phi) is 6.39. The van der Waals surface area contributed by atoms with E-state index in [1.54, 1.807) is 11.1 Å². The molecule has 1 aliphatic rings. The number of carbonyl (C=O) groups is 1. The fourth-order valence-corrected chi connectivity index (χ4v) is 3.91. The van der Waals surface area contributed by atoms with Crippen LogP contribution in [0.25, 0.3) is 6.08 Å². The van der Waals surface area contributed by atoms with Gasteiger partial charge in [-0.2, -0.15) is 0 Å². The zero-order valence-corrected chi connectivity index (χ0v) is 17.5. The Hall–Kier alpha value is -3.19. The van der Waals surface area contributed by atoms with E-state index >= 15 is 0 Å². The minimum absolute atomic E-state index is 0.00242. The molecule has 2 aromatic carbocycles. The molecule has 154 valence electrons. The summed E-state index contributed by atoms with van der Waals surface area (Å²) in [7, 11) is 1.92. The Balaban J connectivity index is 1.53. The number of aromatic nitrogens is 2. The fourth-order valence-electron chi connectivity index (χ4n) is 3.10. The highest BCUT2D eigenvalue weighted by atomic mass is 32.2. The highest BCUT2D eigenvalue weighted by Gasteiger charge is 2.19. The van der Waals surface area contributed by atoms with Gasteiger partial charge in [-0.15, -0.1) is 0 Å². The van der Waals surface area contributed by atoms with Gasteiger partial charge in [-0.1, -0.05) is 54.2 Å². The smallest absolute Gasteiger partial charge is 0.237 e. The molecule has 0 spiro atoms. The van der Waals surface area contributed by atoms with Crippen LogP contribution in [0.4, 0.5) is 5.69 Å². The van der Waals surface area contributed by atoms with Crippen molar-refractivity contribution in [1.29, 1.82) is 0 Å². The lowest BCUT2D eigenvalue weighted by atomic mass is 10.2. The maximum atomic E-state index is 13.1. The van der Waals surface area contributed by atoms with Crippen LogP contribution >= 0.6 is 11.8 Å². The molecule has 0 radical (unpaired) electrons. The van der Waals surface area contributed by atoms with Crippen LogP contribution in [0.2, 0.25) is 0 Å². The maximum absolute atomic E-state index is 13.1. The molecule has 6 nitrogen and oxygen atoms in total. The minimum Gasteiger partial charge on any atom is -0.486 e. The van der Waals surface area contributed by atoms with Gasteiger partial charge < -0.3 is 18.9 Å². The Morgan fingerprint density at radius 1 is 1.17 bits per heavy atom. The maximum Gasteiger partial charge on any atom is 0.237 e. The van der Waals surface area contributed by atoms with Crippen molar-refractivity contribution in [2.75, 3.05) is 30.4 Å². The van der Waals surface area contributed by atoms with Gasteiger partial charge in [-0.3, -0.25) is 4.79 Å². The summed E-state index contributed by atoms with van der Waals surface area (Å²) in [5, 5.41) is 0.810. The topological polar surface area (TPSA) is 56.6 Å². The SMILES string of the molecule is Cn1ccnc1SCC(=O)N(C/C=C/c1ccccc1)c1ccc2c(c1)OCCO2. The van der Waals surface area contributed by atoms with Crippen molar-refractivity contribution in [2.24, 2.45) is 7.05 Å². The summed E-state index contributed by atoms with van der Waals surface area (Å²) in [5.74, 6) is 1.66. The van der Waals surface area contributed by atoms with Crippen LogP contribution in [0.15, 0.2) is 72.2 Å². The van der Waals surface area contributed by atoms with Crippen molar-refractivity contribution in [2.45, 2.75) is 5.16 Å². The highest BCUT2D eigenvalue weighted by molar-refractivity contribution is 7.99. The number of rotatable bonds is 7. The molecule has 0 N–H and O–H groups in total. The Morgan fingerprint density at radius 2 is 1.97 bits per heavy atom. The fraction of sp³-hybridized carbons (Fsp3) is 0.217. The number of aryl methyl sites for hydroxylation is 1. The molecule has 0 atom stereocenters. The summed E-state index contributed by atoms with van der Waals surface area (Å²) in [6.07, 6.45) is 7.61. The molecular formula is C23H23N3O3S. The number of fused-ring (bicyclic) bond motifs is 1. The van der Waals surface area contributed by atoms with Crippen LogP contribution in [0, 0.1) is 0 Å². The first kappa shape index (κ1) is 20.1. The van der Waals surface area contributed by atoms with Crippen molar-refractivity contribution in [3.8, 4) is 11.5 Å². The highest BCUT2D eigenvalue weighted by Crippen LogP contribution is 2.34. The number of hydrogen-bond acceptors (Lipinski definition) is 5. The zero-order chi connectivity index (χ0) is 20.8. The summed E-state index contributed by atoms with van der Waals surface area (Å²) in [6.45, 7) is 1.50. The second-order valence-corrected chi connectivity index (χ2v) is 7.70. The van der Waals surface area contributed by atoms with Gasteiger partial charge in [-0.25, -0.2) is 4.98 Å². The van der Waals surface area contributed by atoms with Crippen LogP contribution in [0.5, 0.6) is 11.5 Å². The first-order valence-corrected chi connectivity index (χ1v) is 10.7. The van der Waals surface area contributed by atoms with Gasteiger partial charge in [-0.05, 0) is 17.7 Å². The van der Waals surface area contributed by atoms with E-state index in [-0.39, 0.29) is 5.91 Å². The van der Waals surface area contributed by atoms with Crippen molar-refractivity contribution in [1.82, 2.24) is 9.55 Å². The molecule has 0 saturated carbocycles. The van der Waals surface area contributed by atoms with Gasteiger partial charge >= 0.3 is 0 Å². The predicted molar refractivity (Wildman–Crippen MR) is 119 cm³/mol. The molecule has 2 heterocycles. The van der Waals surface area contributed by atoms with Gasteiger partial charge in [0.2, 0.25) is 5.91 Å². The van der Waals surface area contributed by atoms with E-state index in [0.29, 0.717) is 37.0 Å². The average molecular weight is 422 g/mol. The number of ether oxygens (including phenoxy) is 2. The first-order valence-electron chi connectivity index (χ1n) is 9.72. The summed E-state index contributed by atoms with van der Waals surface area (Å²) in [4.78, 5) is 19.2. The van der Waals surface area contributed by atoms with E-state index in [0.717, 1.165) is 16.4 Å². The number of nitrogens with zero attached hydrogens (tertiary/aromatic N) is 3. The lowest BCUT2D eigenvalue weighted by Crippen LogP contribution is -2.32. The quantitative estimate of drug-likeness (QED) is 0.539. The summed E-state index contributed by atoms with van der Waals surface area (Å²) in [6, 6.07) is 15.7. The lowest BCUT2D eigenvalue weighted by Gasteiger charge is -2.24. The molecule has 1 amide bonds. The standard InChI is InChI=1S/C23H23N3O3S/c1-25-13-11-24-23(25)30-17-22(27)26(12-5-8-18-6-3-2-4-7-18)19-9-10-20-21(16-19)29-15-14-28-20/h2-11,13,16H,12,14-15,17H2,1H3/b8-5+. The third-order valence-electron chi connectivity index (χ3n) is 4.64. The number of carbonyl (C=O) groups excluding carboxylic acids is 1. The average Bonchev–Trinajstić information content (AvgIpc) is 3.20. The summed E-state index contributed by atoms with van der Waals surface area (Å²) < 4.78 is 13.2. The number of hydrogen-bond donors (Lipinski definition) is 0. The second-order valence-electron chi connectivity index (χ2n) is 6.75. The molecular weight excluding hydrogens is 398 g/mol. The van der Waals surface area contributed by atoms with Gasteiger partial charge in [0.15, 0.2) is 16.7 Å². The largest absolute Gasteiger partial charge is 0.486 e. The Labute approximate surface area is 180 Å². The monoisotopic (exact) mass is 421 g/mol. The Bertz CT molecular complexity index is 1030. The third kappa shape index (κ3) is 4.86. The van der Waals surface area contributed by atoms with E-state index in [9.17, 15) is 4.79 Å². The molecule has 7 heteroatoms. The van der Waals surface area contributed by atoms with Crippen LogP contribution in [-0.2, 0) is 11.8 Å². The molecule has 0 saturated heterocycles. The summed E-state index contributed by atoms with van der Waals surface area (Å²) in [5.41, 5.74) is 1.87. The zero-order valence-electron chi connectivity index (χ0n) is 16.7. The first-order chi connectivity index (χ1) is 14.7. The van der Waals surface area contributed by atoms with E-state index in [1.807, 2.05) is 78.5 Å². The van der Waals surface area contributed by atoms with Crippen LogP contribution in [0.3, 0.4) is 0 Å². The Morgan fingerprint density at radius 3 is 2.73 bits per heavy atom. The number of imidazole rings is 1. The number of amides is 1. The van der Waals surface area contributed by atoms with Crippen molar-refractivity contribution in [3.05, 3.63) is 72.6 Å². The number of anilines is 1. The molecule has 4 rings (SSSR count). The van der Waals surface area contributed by atoms with Gasteiger partial charge in [0.25, 0.3) is 0 Å². The molecule has 30 heavy (non-hydrogen) atoms. The number of thioether (sulfide) groups is 1. The molecule has 0 bridgehead atoms. The van der Waals surface area contributed by atoms with Crippen molar-refractivity contribution in [3.63, 3.8) is 0 Å². The predicted octanol–water partition coefficient (Wildman–Crippen LogP) is 4.03. The molecule has 0 fully saturated rings. The molecule has 0 aliphatic carbocycles. The van der Waals surface area contributed by atoms with Crippen molar-refractivity contribution < 1.29 is 14.3 Å². The van der Waals surface area contributed by atoms with Gasteiger partial charge in [0.1, 0.15) is 13.2 Å².